The number of nitrogens with one attached hydrogen (secondary N) is 1. The molecule has 0 saturated carbocycles. The van der Waals surface area contributed by atoms with Crippen LogP contribution in [0.15, 0.2) is 36.4 Å². The van der Waals surface area contributed by atoms with E-state index in [0.29, 0.717) is 5.56 Å². The van der Waals surface area contributed by atoms with Gasteiger partial charge in [0.05, 0.1) is 10.7 Å². The van der Waals surface area contributed by atoms with Crippen molar-refractivity contribution in [2.75, 3.05) is 12.4 Å². The molecule has 104 valence electrons. The van der Waals surface area contributed by atoms with E-state index in [0.717, 1.165) is 26.1 Å². The van der Waals surface area contributed by atoms with Gasteiger partial charge in [0.15, 0.2) is 0 Å². The molecule has 0 aromatic heterocycles. The fourth-order valence-electron chi connectivity index (χ4n) is 2.06. The van der Waals surface area contributed by atoms with E-state index in [1.54, 1.807) is 19.2 Å². The second-order valence-corrected chi connectivity index (χ2v) is 5.84. The topological polar surface area (TPSA) is 38.3 Å². The number of methoxy groups -OCH3 is 1. The number of halogens is 1. The molecule has 3 nitrogen and oxygen atoms in total. The highest BCUT2D eigenvalue weighted by molar-refractivity contribution is 14.1. The molecule has 0 atom stereocenters. The molecule has 2 aromatic rings. The molecule has 4 heteroatoms. The van der Waals surface area contributed by atoms with Gasteiger partial charge in [0.1, 0.15) is 5.75 Å². The Morgan fingerprint density at radius 2 is 1.75 bits per heavy atom. The van der Waals surface area contributed by atoms with Crippen LogP contribution in [0.4, 0.5) is 5.69 Å². The number of amides is 1. The number of hydrogen-bond donors (Lipinski definition) is 1. The standard InChI is InChI=1S/C16H16INO2/c1-10-6-11(2)8-13(7-10)18-16(19)12-4-5-15(20-3)14(17)9-12/h4-9H,1-3H3,(H,18,19). The first kappa shape index (κ1) is 14.8. The highest BCUT2D eigenvalue weighted by atomic mass is 127. The van der Waals surface area contributed by atoms with E-state index < -0.39 is 0 Å². The van der Waals surface area contributed by atoms with Crippen LogP contribution in [0, 0.1) is 17.4 Å². The van der Waals surface area contributed by atoms with E-state index in [4.69, 9.17) is 4.74 Å². The maximum atomic E-state index is 12.2. The van der Waals surface area contributed by atoms with Crippen molar-refractivity contribution in [2.24, 2.45) is 0 Å². The minimum Gasteiger partial charge on any atom is -0.496 e. The first-order valence-corrected chi connectivity index (χ1v) is 7.30. The molecule has 2 rings (SSSR count). The van der Waals surface area contributed by atoms with Crippen LogP contribution >= 0.6 is 22.6 Å². The second-order valence-electron chi connectivity index (χ2n) is 4.68. The summed E-state index contributed by atoms with van der Waals surface area (Å²) in [6, 6.07) is 11.4. The predicted molar refractivity (Wildman–Crippen MR) is 89.6 cm³/mol. The molecule has 2 aromatic carbocycles. The molecular formula is C16H16INO2. The number of rotatable bonds is 3. The second kappa shape index (κ2) is 6.26. The Morgan fingerprint density at radius 3 is 2.30 bits per heavy atom. The van der Waals surface area contributed by atoms with Crippen LogP contribution in [0.25, 0.3) is 0 Å². The van der Waals surface area contributed by atoms with E-state index in [1.807, 2.05) is 32.0 Å². The van der Waals surface area contributed by atoms with Gasteiger partial charge in [0.25, 0.3) is 5.91 Å². The summed E-state index contributed by atoms with van der Waals surface area (Å²) in [5, 5.41) is 2.92. The quantitative estimate of drug-likeness (QED) is 0.811. The molecule has 20 heavy (non-hydrogen) atoms. The van der Waals surface area contributed by atoms with E-state index in [9.17, 15) is 4.79 Å². The zero-order valence-electron chi connectivity index (χ0n) is 11.7. The molecule has 0 fully saturated rings. The zero-order chi connectivity index (χ0) is 14.7. The Bertz CT molecular complexity index is 633. The average Bonchev–Trinajstić information content (AvgIpc) is 2.37. The van der Waals surface area contributed by atoms with E-state index in [2.05, 4.69) is 34.0 Å². The summed E-state index contributed by atoms with van der Waals surface area (Å²) in [6.45, 7) is 4.03. The van der Waals surface area contributed by atoms with Gasteiger partial charge in [-0.1, -0.05) is 6.07 Å². The van der Waals surface area contributed by atoms with E-state index >= 15 is 0 Å². The number of ether oxygens (including phenoxy) is 1. The lowest BCUT2D eigenvalue weighted by molar-refractivity contribution is 0.102. The fourth-order valence-corrected chi connectivity index (χ4v) is 2.79. The fraction of sp³-hybridized carbons (Fsp3) is 0.188. The van der Waals surface area contributed by atoms with Crippen molar-refractivity contribution in [1.29, 1.82) is 0 Å². The molecule has 0 aliphatic rings. The van der Waals surface area contributed by atoms with Crippen molar-refractivity contribution in [3.63, 3.8) is 0 Å². The summed E-state index contributed by atoms with van der Waals surface area (Å²) in [7, 11) is 1.62. The van der Waals surface area contributed by atoms with Gasteiger partial charge in [0.2, 0.25) is 0 Å². The molecule has 0 bridgehead atoms. The molecule has 1 amide bonds. The molecule has 0 radical (unpaired) electrons. The third-order valence-electron chi connectivity index (χ3n) is 2.89. The van der Waals surface area contributed by atoms with Crippen molar-refractivity contribution < 1.29 is 9.53 Å². The number of hydrogen-bond acceptors (Lipinski definition) is 2. The summed E-state index contributed by atoms with van der Waals surface area (Å²) in [6.07, 6.45) is 0. The number of carbonyl (C=O) groups excluding carboxylic acids is 1. The number of benzene rings is 2. The van der Waals surface area contributed by atoms with Crippen LogP contribution < -0.4 is 10.1 Å². The summed E-state index contributed by atoms with van der Waals surface area (Å²) < 4.78 is 6.11. The lowest BCUT2D eigenvalue weighted by Gasteiger charge is -2.09. The van der Waals surface area contributed by atoms with Gasteiger partial charge in [0, 0.05) is 11.3 Å². The maximum absolute atomic E-state index is 12.2. The van der Waals surface area contributed by atoms with Crippen LogP contribution in [0.2, 0.25) is 0 Å². The Hall–Kier alpha value is -1.56. The van der Waals surface area contributed by atoms with Crippen LogP contribution in [0.5, 0.6) is 5.75 Å². The summed E-state index contributed by atoms with van der Waals surface area (Å²) in [4.78, 5) is 12.2. The van der Waals surface area contributed by atoms with Crippen molar-refractivity contribution in [1.82, 2.24) is 0 Å². The van der Waals surface area contributed by atoms with Crippen LogP contribution in [-0.2, 0) is 0 Å². The third kappa shape index (κ3) is 3.50. The normalized spacial score (nSPS) is 10.2. The third-order valence-corrected chi connectivity index (χ3v) is 3.74. The monoisotopic (exact) mass is 381 g/mol. The molecular weight excluding hydrogens is 365 g/mol. The highest BCUT2D eigenvalue weighted by Gasteiger charge is 2.09. The summed E-state index contributed by atoms with van der Waals surface area (Å²) >= 11 is 2.16. The van der Waals surface area contributed by atoms with E-state index in [1.165, 1.54) is 0 Å². The molecule has 1 N–H and O–H groups in total. The van der Waals surface area contributed by atoms with Crippen molar-refractivity contribution >= 4 is 34.2 Å². The lowest BCUT2D eigenvalue weighted by atomic mass is 10.1. The highest BCUT2D eigenvalue weighted by Crippen LogP contribution is 2.22. The lowest BCUT2D eigenvalue weighted by Crippen LogP contribution is -2.12. The largest absolute Gasteiger partial charge is 0.496 e. The zero-order valence-corrected chi connectivity index (χ0v) is 13.8. The van der Waals surface area contributed by atoms with E-state index in [-0.39, 0.29) is 5.91 Å². The summed E-state index contributed by atoms with van der Waals surface area (Å²) in [5.74, 6) is 0.657. The smallest absolute Gasteiger partial charge is 0.255 e. The Labute approximate surface area is 132 Å². The first-order valence-electron chi connectivity index (χ1n) is 6.23. The number of aryl methyl sites for hydroxylation is 2. The maximum Gasteiger partial charge on any atom is 0.255 e. The van der Waals surface area contributed by atoms with Crippen molar-refractivity contribution in [3.8, 4) is 5.75 Å². The number of anilines is 1. The SMILES string of the molecule is COc1ccc(C(=O)Nc2cc(C)cc(C)c2)cc1I. The molecule has 0 spiro atoms. The average molecular weight is 381 g/mol. The van der Waals surface area contributed by atoms with Crippen LogP contribution in [-0.4, -0.2) is 13.0 Å². The van der Waals surface area contributed by atoms with Gasteiger partial charge < -0.3 is 10.1 Å². The minimum absolute atomic E-state index is 0.115. The minimum atomic E-state index is -0.115. The Kier molecular flexibility index (Phi) is 4.65. The van der Waals surface area contributed by atoms with Crippen molar-refractivity contribution in [2.45, 2.75) is 13.8 Å². The van der Waals surface area contributed by atoms with Crippen LogP contribution in [0.1, 0.15) is 21.5 Å². The van der Waals surface area contributed by atoms with Gasteiger partial charge in [-0.2, -0.15) is 0 Å². The Balaban J connectivity index is 2.21. The van der Waals surface area contributed by atoms with Gasteiger partial charge in [-0.3, -0.25) is 4.79 Å². The summed E-state index contributed by atoms with van der Waals surface area (Å²) in [5.41, 5.74) is 3.70. The van der Waals surface area contributed by atoms with Gasteiger partial charge >= 0.3 is 0 Å². The van der Waals surface area contributed by atoms with Gasteiger partial charge in [-0.15, -0.1) is 0 Å². The van der Waals surface area contributed by atoms with Gasteiger partial charge in [-0.25, -0.2) is 0 Å². The molecule has 0 aliphatic carbocycles. The molecule has 0 heterocycles. The molecule has 0 unspecified atom stereocenters. The van der Waals surface area contributed by atoms with Crippen LogP contribution in [0.3, 0.4) is 0 Å². The Morgan fingerprint density at radius 1 is 1.10 bits per heavy atom. The molecule has 0 saturated heterocycles. The molecule has 0 aliphatic heterocycles. The first-order chi connectivity index (χ1) is 9.49. The number of carbonyl (C=O) groups is 1. The predicted octanol–water partition coefficient (Wildman–Crippen LogP) is 4.17. The van der Waals surface area contributed by atoms with Crippen molar-refractivity contribution in [3.05, 3.63) is 56.7 Å². The van der Waals surface area contributed by atoms with Gasteiger partial charge in [-0.05, 0) is 77.9 Å².